The van der Waals surface area contributed by atoms with Gasteiger partial charge < -0.3 is 10.1 Å². The van der Waals surface area contributed by atoms with Gasteiger partial charge in [-0.2, -0.15) is 0 Å². The first-order valence-electron chi connectivity index (χ1n) is 8.80. The molecule has 0 saturated heterocycles. The Morgan fingerprint density at radius 3 is 2.28 bits per heavy atom. The summed E-state index contributed by atoms with van der Waals surface area (Å²) in [6, 6.07) is 13.7. The summed E-state index contributed by atoms with van der Waals surface area (Å²) in [6.45, 7) is 4.86. The van der Waals surface area contributed by atoms with Crippen molar-refractivity contribution in [1.29, 1.82) is 0 Å². The summed E-state index contributed by atoms with van der Waals surface area (Å²) in [5.41, 5.74) is 1.09. The summed E-state index contributed by atoms with van der Waals surface area (Å²) >= 11 is 0. The molecule has 132 valence electrons. The second-order valence-corrected chi connectivity index (χ2v) is 7.13. The highest BCUT2D eigenvalue weighted by Crippen LogP contribution is 2.44. The standard InChI is InChI=1S/C21H24FNO2/c1-15(2)14-25-19-10-8-18(9-11-19)23-20(24)21(12-3-13-21)16-4-6-17(22)7-5-16/h4-11,15H,3,12-14H2,1-2H3,(H,23,24). The van der Waals surface area contributed by atoms with Gasteiger partial charge in [0.1, 0.15) is 11.6 Å². The third-order valence-electron chi connectivity index (χ3n) is 4.73. The Kier molecular flexibility index (Phi) is 5.07. The molecule has 1 aliphatic rings. The number of rotatable bonds is 6. The van der Waals surface area contributed by atoms with Gasteiger partial charge >= 0.3 is 0 Å². The van der Waals surface area contributed by atoms with Crippen molar-refractivity contribution in [2.24, 2.45) is 5.92 Å². The lowest BCUT2D eigenvalue weighted by molar-refractivity contribution is -0.124. The van der Waals surface area contributed by atoms with Crippen LogP contribution in [0, 0.1) is 11.7 Å². The van der Waals surface area contributed by atoms with Gasteiger partial charge in [0.25, 0.3) is 0 Å². The zero-order valence-electron chi connectivity index (χ0n) is 14.7. The summed E-state index contributed by atoms with van der Waals surface area (Å²) < 4.78 is 18.8. The van der Waals surface area contributed by atoms with Gasteiger partial charge in [0.15, 0.2) is 0 Å². The van der Waals surface area contributed by atoms with Gasteiger partial charge in [-0.3, -0.25) is 4.79 Å². The fourth-order valence-electron chi connectivity index (χ4n) is 3.09. The minimum absolute atomic E-state index is 0.0267. The van der Waals surface area contributed by atoms with Gasteiger partial charge in [-0.25, -0.2) is 4.39 Å². The van der Waals surface area contributed by atoms with E-state index >= 15 is 0 Å². The first kappa shape index (κ1) is 17.5. The summed E-state index contributed by atoms with van der Waals surface area (Å²) in [5, 5.41) is 3.00. The van der Waals surface area contributed by atoms with Crippen molar-refractivity contribution in [3.63, 3.8) is 0 Å². The third kappa shape index (κ3) is 3.84. The number of hydrogen-bond donors (Lipinski definition) is 1. The number of amides is 1. The molecule has 0 radical (unpaired) electrons. The topological polar surface area (TPSA) is 38.3 Å². The lowest BCUT2D eigenvalue weighted by Crippen LogP contribution is -2.46. The molecular formula is C21H24FNO2. The number of anilines is 1. The van der Waals surface area contributed by atoms with E-state index in [0.717, 1.165) is 36.3 Å². The van der Waals surface area contributed by atoms with Crippen molar-refractivity contribution >= 4 is 11.6 Å². The molecule has 2 aromatic carbocycles. The SMILES string of the molecule is CC(C)COc1ccc(NC(=O)C2(c3ccc(F)cc3)CCC2)cc1. The minimum Gasteiger partial charge on any atom is -0.493 e. The lowest BCUT2D eigenvalue weighted by Gasteiger charge is -2.40. The fraction of sp³-hybridized carbons (Fsp3) is 0.381. The zero-order chi connectivity index (χ0) is 17.9. The van der Waals surface area contributed by atoms with E-state index in [1.165, 1.54) is 12.1 Å². The van der Waals surface area contributed by atoms with Crippen LogP contribution in [0.15, 0.2) is 48.5 Å². The van der Waals surface area contributed by atoms with Crippen LogP contribution in [0.2, 0.25) is 0 Å². The number of carbonyl (C=O) groups excluding carboxylic acids is 1. The highest BCUT2D eigenvalue weighted by molar-refractivity contribution is 5.99. The van der Waals surface area contributed by atoms with Crippen molar-refractivity contribution in [1.82, 2.24) is 0 Å². The molecule has 0 aliphatic heterocycles. The van der Waals surface area contributed by atoms with Crippen molar-refractivity contribution in [2.45, 2.75) is 38.5 Å². The van der Waals surface area contributed by atoms with E-state index in [2.05, 4.69) is 19.2 Å². The molecule has 0 unspecified atom stereocenters. The van der Waals surface area contributed by atoms with Gasteiger partial charge in [-0.05, 0) is 60.7 Å². The zero-order valence-corrected chi connectivity index (χ0v) is 14.7. The second kappa shape index (κ2) is 7.26. The van der Waals surface area contributed by atoms with E-state index < -0.39 is 5.41 Å². The predicted octanol–water partition coefficient (Wildman–Crippen LogP) is 4.92. The van der Waals surface area contributed by atoms with E-state index in [0.29, 0.717) is 12.5 Å². The molecule has 1 N–H and O–H groups in total. The third-order valence-corrected chi connectivity index (χ3v) is 4.73. The van der Waals surface area contributed by atoms with E-state index in [-0.39, 0.29) is 11.7 Å². The van der Waals surface area contributed by atoms with Crippen LogP contribution in [0.1, 0.15) is 38.7 Å². The normalized spacial score (nSPS) is 15.5. The quantitative estimate of drug-likeness (QED) is 0.810. The number of ether oxygens (including phenoxy) is 1. The summed E-state index contributed by atoms with van der Waals surface area (Å²) in [5.74, 6) is 0.953. The van der Waals surface area contributed by atoms with Gasteiger partial charge in [0, 0.05) is 5.69 Å². The van der Waals surface area contributed by atoms with Crippen LogP contribution < -0.4 is 10.1 Å². The molecule has 1 aliphatic carbocycles. The molecule has 1 saturated carbocycles. The Labute approximate surface area is 148 Å². The summed E-state index contributed by atoms with van der Waals surface area (Å²) in [7, 11) is 0. The Hall–Kier alpha value is -2.36. The van der Waals surface area contributed by atoms with Crippen LogP contribution >= 0.6 is 0 Å². The Bertz CT molecular complexity index is 719. The van der Waals surface area contributed by atoms with Crippen molar-refractivity contribution < 1.29 is 13.9 Å². The largest absolute Gasteiger partial charge is 0.493 e. The number of halogens is 1. The van der Waals surface area contributed by atoms with Gasteiger partial charge in [0.05, 0.1) is 12.0 Å². The molecule has 0 atom stereocenters. The highest BCUT2D eigenvalue weighted by atomic mass is 19.1. The number of benzene rings is 2. The van der Waals surface area contributed by atoms with Gasteiger partial charge in [0.2, 0.25) is 5.91 Å². The van der Waals surface area contributed by atoms with Gasteiger partial charge in [-0.15, -0.1) is 0 Å². The Morgan fingerprint density at radius 2 is 1.76 bits per heavy atom. The van der Waals surface area contributed by atoms with Crippen molar-refractivity contribution in [2.75, 3.05) is 11.9 Å². The smallest absolute Gasteiger partial charge is 0.235 e. The lowest BCUT2D eigenvalue weighted by atomic mass is 9.64. The van der Waals surface area contributed by atoms with E-state index in [9.17, 15) is 9.18 Å². The van der Waals surface area contributed by atoms with Crippen LogP contribution in [0.3, 0.4) is 0 Å². The van der Waals surface area contributed by atoms with Crippen molar-refractivity contribution in [3.8, 4) is 5.75 Å². The summed E-state index contributed by atoms with van der Waals surface area (Å²) in [6.07, 6.45) is 2.59. The first-order valence-corrected chi connectivity index (χ1v) is 8.80. The molecule has 3 nitrogen and oxygen atoms in total. The molecule has 3 rings (SSSR count). The van der Waals surface area contributed by atoms with Crippen LogP contribution in [-0.2, 0) is 10.2 Å². The molecule has 0 heterocycles. The van der Waals surface area contributed by atoms with Gasteiger partial charge in [-0.1, -0.05) is 32.4 Å². The molecule has 25 heavy (non-hydrogen) atoms. The number of carbonyl (C=O) groups is 1. The highest BCUT2D eigenvalue weighted by Gasteiger charge is 2.45. The van der Waals surface area contributed by atoms with Crippen molar-refractivity contribution in [3.05, 3.63) is 59.9 Å². The first-order chi connectivity index (χ1) is 12.0. The number of nitrogens with one attached hydrogen (secondary N) is 1. The molecule has 0 spiro atoms. The maximum Gasteiger partial charge on any atom is 0.235 e. The number of hydrogen-bond acceptors (Lipinski definition) is 2. The molecule has 0 bridgehead atoms. The molecule has 1 amide bonds. The molecule has 1 fully saturated rings. The minimum atomic E-state index is -0.541. The maximum absolute atomic E-state index is 13.2. The molecular weight excluding hydrogens is 317 g/mol. The Balaban J connectivity index is 1.69. The predicted molar refractivity (Wildman–Crippen MR) is 97.3 cm³/mol. The van der Waals surface area contributed by atoms with E-state index in [1.807, 2.05) is 24.3 Å². The molecule has 0 aromatic heterocycles. The fourth-order valence-corrected chi connectivity index (χ4v) is 3.09. The van der Waals surface area contributed by atoms with Crippen LogP contribution in [0.25, 0.3) is 0 Å². The summed E-state index contributed by atoms with van der Waals surface area (Å²) in [4.78, 5) is 12.9. The van der Waals surface area contributed by atoms with E-state index in [4.69, 9.17) is 4.74 Å². The maximum atomic E-state index is 13.2. The monoisotopic (exact) mass is 341 g/mol. The molecule has 4 heteroatoms. The molecule has 2 aromatic rings. The van der Waals surface area contributed by atoms with Crippen LogP contribution in [0.4, 0.5) is 10.1 Å². The second-order valence-electron chi connectivity index (χ2n) is 7.13. The van der Waals surface area contributed by atoms with Crippen LogP contribution in [0.5, 0.6) is 5.75 Å². The van der Waals surface area contributed by atoms with Crippen LogP contribution in [-0.4, -0.2) is 12.5 Å². The van der Waals surface area contributed by atoms with E-state index in [1.54, 1.807) is 12.1 Å². The average Bonchev–Trinajstić information content (AvgIpc) is 2.55. The average molecular weight is 341 g/mol. The Morgan fingerprint density at radius 1 is 1.12 bits per heavy atom.